The van der Waals surface area contributed by atoms with Crippen molar-refractivity contribution in [1.82, 2.24) is 10.3 Å². The molecule has 7 heteroatoms. The van der Waals surface area contributed by atoms with Crippen LogP contribution in [0.15, 0.2) is 36.5 Å². The summed E-state index contributed by atoms with van der Waals surface area (Å²) in [5, 5.41) is 23.8. The number of nitrogens with zero attached hydrogens (tertiary/aromatic N) is 1. The highest BCUT2D eigenvalue weighted by Gasteiger charge is 2.49. The molecule has 0 bridgehead atoms. The number of hydrogen-bond donors (Lipinski definition) is 3. The smallest absolute Gasteiger partial charge is 0.176 e. The summed E-state index contributed by atoms with van der Waals surface area (Å²) in [6.07, 6.45) is 0.0118. The molecule has 0 saturated heterocycles. The number of rotatable bonds is 4. The number of aliphatic hydroxyl groups excluding tert-OH is 1. The van der Waals surface area contributed by atoms with Gasteiger partial charge in [-0.1, -0.05) is 23.7 Å². The lowest BCUT2D eigenvalue weighted by atomic mass is 9.75. The van der Waals surface area contributed by atoms with Crippen LogP contribution in [-0.4, -0.2) is 21.4 Å². The molecule has 0 aliphatic heterocycles. The lowest BCUT2D eigenvalue weighted by molar-refractivity contribution is -0.0780. The monoisotopic (exact) mass is 368 g/mol. The van der Waals surface area contributed by atoms with Gasteiger partial charge in [-0.05, 0) is 43.5 Å². The number of fused-ring (bicyclic) bond motifs is 1. The average Bonchev–Trinajstić information content (AvgIpc) is 2.58. The first-order chi connectivity index (χ1) is 11.7. The maximum Gasteiger partial charge on any atom is 0.176 e. The normalized spacial score (nSPS) is 27.0. The van der Waals surface area contributed by atoms with E-state index in [9.17, 15) is 14.6 Å². The Hall–Kier alpha value is -1.60. The van der Waals surface area contributed by atoms with Crippen molar-refractivity contribution in [2.45, 2.75) is 43.8 Å². The molecule has 134 valence electrons. The van der Waals surface area contributed by atoms with Crippen molar-refractivity contribution in [3.8, 4) is 0 Å². The second-order valence-electron chi connectivity index (χ2n) is 6.56. The van der Waals surface area contributed by atoms with Crippen molar-refractivity contribution in [3.05, 3.63) is 64.2 Å². The number of pyridine rings is 1. The summed E-state index contributed by atoms with van der Waals surface area (Å²) in [5.74, 6) is -0.467. The fourth-order valence-electron chi connectivity index (χ4n) is 3.17. The maximum absolute atomic E-state index is 15.6. The molecule has 1 aromatic heterocycles. The third-order valence-corrected chi connectivity index (χ3v) is 5.03. The number of alkyl halides is 1. The molecule has 1 heterocycles. The number of hydrogen-bond acceptors (Lipinski definition) is 4. The SMILES string of the molecule is C[C@@]1(O)CC[C@@](F)(C(O)NCc2ccc(F)cc2Cl)c2cccnc21. The molecule has 0 spiro atoms. The maximum atomic E-state index is 15.6. The lowest BCUT2D eigenvalue weighted by Gasteiger charge is -2.41. The van der Waals surface area contributed by atoms with Crippen LogP contribution in [0.2, 0.25) is 5.02 Å². The highest BCUT2D eigenvalue weighted by atomic mass is 35.5. The minimum atomic E-state index is -2.10. The van der Waals surface area contributed by atoms with E-state index in [1.54, 1.807) is 13.0 Å². The van der Waals surface area contributed by atoms with Gasteiger partial charge in [0, 0.05) is 23.3 Å². The van der Waals surface area contributed by atoms with Crippen molar-refractivity contribution < 1.29 is 19.0 Å². The summed E-state index contributed by atoms with van der Waals surface area (Å²) < 4.78 is 28.7. The fourth-order valence-corrected chi connectivity index (χ4v) is 3.40. The van der Waals surface area contributed by atoms with Crippen molar-refractivity contribution in [1.29, 1.82) is 0 Å². The molecule has 3 rings (SSSR count). The molecule has 0 radical (unpaired) electrons. The molecule has 1 unspecified atom stereocenters. The van der Waals surface area contributed by atoms with Crippen LogP contribution in [0.25, 0.3) is 0 Å². The Bertz CT molecular complexity index is 787. The Kier molecular flexibility index (Phi) is 4.81. The molecule has 2 aromatic rings. The molecule has 1 aliphatic rings. The number of aliphatic hydroxyl groups is 2. The van der Waals surface area contributed by atoms with Gasteiger partial charge in [-0.25, -0.2) is 8.78 Å². The van der Waals surface area contributed by atoms with Gasteiger partial charge >= 0.3 is 0 Å². The van der Waals surface area contributed by atoms with E-state index >= 15 is 4.39 Å². The molecule has 3 N–H and O–H groups in total. The minimum Gasteiger partial charge on any atom is -0.384 e. The van der Waals surface area contributed by atoms with Gasteiger partial charge in [0.25, 0.3) is 0 Å². The van der Waals surface area contributed by atoms with E-state index < -0.39 is 23.3 Å². The summed E-state index contributed by atoms with van der Waals surface area (Å²) in [7, 11) is 0. The van der Waals surface area contributed by atoms with Gasteiger partial charge in [0.15, 0.2) is 5.67 Å². The Balaban J connectivity index is 1.83. The van der Waals surface area contributed by atoms with E-state index in [1.165, 1.54) is 24.4 Å². The van der Waals surface area contributed by atoms with Crippen molar-refractivity contribution in [2.24, 2.45) is 0 Å². The molecule has 25 heavy (non-hydrogen) atoms. The zero-order chi connectivity index (χ0) is 18.2. The van der Waals surface area contributed by atoms with Gasteiger partial charge in [0.1, 0.15) is 17.6 Å². The number of aromatic nitrogens is 1. The van der Waals surface area contributed by atoms with Gasteiger partial charge in [-0.15, -0.1) is 0 Å². The van der Waals surface area contributed by atoms with Crippen LogP contribution in [0, 0.1) is 5.82 Å². The highest BCUT2D eigenvalue weighted by molar-refractivity contribution is 6.31. The van der Waals surface area contributed by atoms with E-state index in [0.29, 0.717) is 5.56 Å². The molecular weight excluding hydrogens is 350 g/mol. The second kappa shape index (κ2) is 6.61. The van der Waals surface area contributed by atoms with Crippen LogP contribution in [0.4, 0.5) is 8.78 Å². The number of halogens is 3. The first-order valence-electron chi connectivity index (χ1n) is 7.97. The number of benzene rings is 1. The fraction of sp³-hybridized carbons (Fsp3) is 0.389. The minimum absolute atomic E-state index is 0.0655. The Labute approximate surface area is 149 Å². The third kappa shape index (κ3) is 3.40. The van der Waals surface area contributed by atoms with E-state index in [4.69, 9.17) is 11.6 Å². The van der Waals surface area contributed by atoms with Gasteiger partial charge in [0.2, 0.25) is 0 Å². The van der Waals surface area contributed by atoms with E-state index in [-0.39, 0.29) is 35.7 Å². The predicted molar refractivity (Wildman–Crippen MR) is 90.1 cm³/mol. The van der Waals surface area contributed by atoms with Crippen molar-refractivity contribution in [2.75, 3.05) is 0 Å². The van der Waals surface area contributed by atoms with Gasteiger partial charge in [-0.3, -0.25) is 10.3 Å². The quantitative estimate of drug-likeness (QED) is 0.725. The number of nitrogens with one attached hydrogen (secondary N) is 1. The molecule has 1 aromatic carbocycles. The molecular formula is C18H19ClF2N2O2. The van der Waals surface area contributed by atoms with Crippen molar-refractivity contribution in [3.63, 3.8) is 0 Å². The van der Waals surface area contributed by atoms with Crippen LogP contribution in [0.5, 0.6) is 0 Å². The second-order valence-corrected chi connectivity index (χ2v) is 6.96. The lowest BCUT2D eigenvalue weighted by Crippen LogP contribution is -2.50. The van der Waals surface area contributed by atoms with E-state index in [0.717, 1.165) is 6.07 Å². The molecule has 1 aliphatic carbocycles. The van der Waals surface area contributed by atoms with Crippen LogP contribution >= 0.6 is 11.6 Å². The average molecular weight is 369 g/mol. The standard InChI is InChI=1S/C18H19ClF2N2O2/c1-17(25)6-7-18(21,13-3-2-8-22-15(13)17)16(24)23-10-11-4-5-12(20)9-14(11)19/h2-5,8-9,16,23-25H,6-7,10H2,1H3/t16?,17-,18+/m1/s1. The van der Waals surface area contributed by atoms with Crippen molar-refractivity contribution >= 4 is 11.6 Å². The zero-order valence-electron chi connectivity index (χ0n) is 13.6. The molecule has 3 atom stereocenters. The Morgan fingerprint density at radius 1 is 1.36 bits per heavy atom. The first-order valence-corrected chi connectivity index (χ1v) is 8.34. The first kappa shape index (κ1) is 18.2. The summed E-state index contributed by atoms with van der Waals surface area (Å²) in [6, 6.07) is 6.97. The van der Waals surface area contributed by atoms with Gasteiger partial charge in [-0.2, -0.15) is 0 Å². The molecule has 0 saturated carbocycles. The third-order valence-electron chi connectivity index (χ3n) is 4.68. The summed E-state index contributed by atoms with van der Waals surface area (Å²) in [5.41, 5.74) is -2.41. The molecule has 0 amide bonds. The van der Waals surface area contributed by atoms with E-state index in [1.807, 2.05) is 0 Å². The van der Waals surface area contributed by atoms with Crippen LogP contribution in [0.3, 0.4) is 0 Å². The largest absolute Gasteiger partial charge is 0.384 e. The summed E-state index contributed by atoms with van der Waals surface area (Å²) in [6.45, 7) is 1.65. The Morgan fingerprint density at radius 3 is 2.84 bits per heavy atom. The Morgan fingerprint density at radius 2 is 2.12 bits per heavy atom. The molecule has 0 fully saturated rings. The van der Waals surface area contributed by atoms with Gasteiger partial charge in [0.05, 0.1) is 5.69 Å². The van der Waals surface area contributed by atoms with Crippen LogP contribution < -0.4 is 5.32 Å². The van der Waals surface area contributed by atoms with E-state index in [2.05, 4.69) is 10.3 Å². The zero-order valence-corrected chi connectivity index (χ0v) is 14.4. The topological polar surface area (TPSA) is 65.4 Å². The predicted octanol–water partition coefficient (Wildman–Crippen LogP) is 3.15. The molecule has 4 nitrogen and oxygen atoms in total. The van der Waals surface area contributed by atoms with Gasteiger partial charge < -0.3 is 10.2 Å². The highest BCUT2D eigenvalue weighted by Crippen LogP contribution is 2.46. The van der Waals surface area contributed by atoms with Crippen LogP contribution in [-0.2, 0) is 17.8 Å². The van der Waals surface area contributed by atoms with Crippen LogP contribution in [0.1, 0.15) is 36.6 Å². The summed E-state index contributed by atoms with van der Waals surface area (Å²) >= 11 is 5.95. The summed E-state index contributed by atoms with van der Waals surface area (Å²) in [4.78, 5) is 4.10.